The molecule has 0 aliphatic heterocycles. The molecule has 9 rings (SSSR count). The van der Waals surface area contributed by atoms with E-state index < -0.39 is 0 Å². The predicted octanol–water partition coefficient (Wildman–Crippen LogP) is 12.9. The molecule has 0 saturated carbocycles. The van der Waals surface area contributed by atoms with Gasteiger partial charge < -0.3 is 9.13 Å². The van der Waals surface area contributed by atoms with Gasteiger partial charge in [-0.05, 0) is 117 Å². The van der Waals surface area contributed by atoms with Crippen LogP contribution in [0.2, 0.25) is 0 Å². The van der Waals surface area contributed by atoms with E-state index in [0.29, 0.717) is 0 Å². The largest absolute Gasteiger partial charge is 0.309 e. The van der Waals surface area contributed by atoms with Crippen molar-refractivity contribution in [2.24, 2.45) is 0 Å². The number of aromatic nitrogens is 2. The van der Waals surface area contributed by atoms with Gasteiger partial charge in [-0.3, -0.25) is 0 Å². The minimum atomic E-state index is 1.16. The molecule has 0 atom stereocenters. The van der Waals surface area contributed by atoms with Crippen LogP contribution in [0.15, 0.2) is 182 Å². The molecule has 0 saturated heterocycles. The van der Waals surface area contributed by atoms with Gasteiger partial charge in [0.05, 0.1) is 22.8 Å². The fraction of sp³-hybridized carbons (Fsp3) is 0.0417. The number of hydrogen-bond acceptors (Lipinski definition) is 0. The SMILES string of the molecule is Cc1c2ccc(-n3c(-c4ccccc4)ccc3-c3ccccc3)cc2c(C)c2ccc(-n3c(-c4ccccc4)ccc3-c3ccccc3)cc12. The van der Waals surface area contributed by atoms with Crippen LogP contribution >= 0.6 is 0 Å². The summed E-state index contributed by atoms with van der Waals surface area (Å²) in [5.41, 5.74) is 14.4. The van der Waals surface area contributed by atoms with Gasteiger partial charge in [-0.15, -0.1) is 0 Å². The number of rotatable bonds is 6. The van der Waals surface area contributed by atoms with Gasteiger partial charge >= 0.3 is 0 Å². The highest BCUT2D eigenvalue weighted by atomic mass is 15.0. The molecule has 0 spiro atoms. The fourth-order valence-corrected chi connectivity index (χ4v) is 7.67. The van der Waals surface area contributed by atoms with E-state index in [4.69, 9.17) is 0 Å². The van der Waals surface area contributed by atoms with Crippen molar-refractivity contribution in [1.82, 2.24) is 9.13 Å². The zero-order chi connectivity index (χ0) is 33.6. The van der Waals surface area contributed by atoms with E-state index in [0.717, 1.165) is 11.4 Å². The average molecular weight is 641 g/mol. The summed E-state index contributed by atoms with van der Waals surface area (Å²) in [5, 5.41) is 5.13. The molecule has 0 fully saturated rings. The van der Waals surface area contributed by atoms with Gasteiger partial charge in [-0.1, -0.05) is 133 Å². The van der Waals surface area contributed by atoms with Crippen LogP contribution in [0.4, 0.5) is 0 Å². The molecule has 7 aromatic carbocycles. The molecule has 238 valence electrons. The molecular formula is C48H36N2. The Hall–Kier alpha value is -6.38. The van der Waals surface area contributed by atoms with Crippen molar-refractivity contribution in [3.8, 4) is 56.4 Å². The molecule has 0 bridgehead atoms. The predicted molar refractivity (Wildman–Crippen MR) is 211 cm³/mol. The minimum Gasteiger partial charge on any atom is -0.309 e. The first kappa shape index (κ1) is 29.7. The Morgan fingerprint density at radius 3 is 0.840 bits per heavy atom. The van der Waals surface area contributed by atoms with Crippen molar-refractivity contribution in [2.45, 2.75) is 13.8 Å². The summed E-state index contributed by atoms with van der Waals surface area (Å²) in [4.78, 5) is 0. The number of benzene rings is 7. The lowest BCUT2D eigenvalue weighted by molar-refractivity contribution is 1.10. The number of fused-ring (bicyclic) bond motifs is 2. The Morgan fingerprint density at radius 1 is 0.280 bits per heavy atom. The van der Waals surface area contributed by atoms with Crippen molar-refractivity contribution < 1.29 is 0 Å². The maximum atomic E-state index is 2.41. The van der Waals surface area contributed by atoms with Crippen LogP contribution in [0.3, 0.4) is 0 Å². The number of hydrogen-bond donors (Lipinski definition) is 0. The summed E-state index contributed by atoms with van der Waals surface area (Å²) in [5.74, 6) is 0. The van der Waals surface area contributed by atoms with Crippen LogP contribution in [0.25, 0.3) is 77.9 Å². The van der Waals surface area contributed by atoms with Gasteiger partial charge in [-0.25, -0.2) is 0 Å². The highest BCUT2D eigenvalue weighted by Gasteiger charge is 2.18. The summed E-state index contributed by atoms with van der Waals surface area (Å²) in [6.07, 6.45) is 0. The number of nitrogens with zero attached hydrogens (tertiary/aromatic N) is 2. The van der Waals surface area contributed by atoms with E-state index >= 15 is 0 Å². The second-order valence-electron chi connectivity index (χ2n) is 13.1. The smallest absolute Gasteiger partial charge is 0.0535 e. The molecule has 2 heteroatoms. The topological polar surface area (TPSA) is 9.86 Å². The van der Waals surface area contributed by atoms with Crippen molar-refractivity contribution in [3.63, 3.8) is 0 Å². The molecule has 0 unspecified atom stereocenters. The van der Waals surface area contributed by atoms with Gasteiger partial charge in [-0.2, -0.15) is 0 Å². The fourth-order valence-electron chi connectivity index (χ4n) is 7.67. The van der Waals surface area contributed by atoms with E-state index in [1.54, 1.807) is 0 Å². The van der Waals surface area contributed by atoms with E-state index in [2.05, 4.69) is 205 Å². The maximum absolute atomic E-state index is 2.41. The lowest BCUT2D eigenvalue weighted by atomic mass is 9.92. The Balaban J connectivity index is 1.23. The maximum Gasteiger partial charge on any atom is 0.0535 e. The molecule has 0 aliphatic rings. The van der Waals surface area contributed by atoms with Crippen molar-refractivity contribution in [1.29, 1.82) is 0 Å². The standard InChI is InChI=1S/C48H36N2/c1-33-41-25-23-40(50-47(37-19-11-5-12-20-37)29-30-48(50)38-21-13-6-14-22-38)32-44(41)34(2)42-26-24-39(31-43(33)42)49-45(35-15-7-3-8-16-35)27-28-46(49)36-17-9-4-10-18-36/h3-32H,1-2H3. The Labute approximate surface area is 293 Å². The third-order valence-corrected chi connectivity index (χ3v) is 10.2. The molecule has 0 radical (unpaired) electrons. The summed E-state index contributed by atoms with van der Waals surface area (Å²) in [7, 11) is 0. The van der Waals surface area contributed by atoms with Gasteiger partial charge in [0.15, 0.2) is 0 Å². The number of aryl methyl sites for hydroxylation is 2. The summed E-state index contributed by atoms with van der Waals surface area (Å²) >= 11 is 0. The average Bonchev–Trinajstić information content (AvgIpc) is 3.84. The van der Waals surface area contributed by atoms with Gasteiger partial charge in [0.25, 0.3) is 0 Å². The zero-order valence-electron chi connectivity index (χ0n) is 28.2. The van der Waals surface area contributed by atoms with Crippen LogP contribution < -0.4 is 0 Å². The Kier molecular flexibility index (Phi) is 7.29. The van der Waals surface area contributed by atoms with Crippen molar-refractivity contribution >= 4 is 21.5 Å². The van der Waals surface area contributed by atoms with Crippen LogP contribution in [-0.2, 0) is 0 Å². The van der Waals surface area contributed by atoms with Gasteiger partial charge in [0.1, 0.15) is 0 Å². The van der Waals surface area contributed by atoms with Gasteiger partial charge in [0, 0.05) is 11.4 Å². The lowest BCUT2D eigenvalue weighted by Crippen LogP contribution is -2.01. The van der Waals surface area contributed by atoms with Crippen LogP contribution in [0.5, 0.6) is 0 Å². The van der Waals surface area contributed by atoms with E-state index in [-0.39, 0.29) is 0 Å². The summed E-state index contributed by atoms with van der Waals surface area (Å²) in [6.45, 7) is 4.56. The Bertz CT molecular complexity index is 2330. The molecule has 0 amide bonds. The van der Waals surface area contributed by atoms with Crippen LogP contribution in [-0.4, -0.2) is 9.13 Å². The van der Waals surface area contributed by atoms with E-state index in [1.807, 2.05) is 0 Å². The zero-order valence-corrected chi connectivity index (χ0v) is 28.2. The first-order valence-electron chi connectivity index (χ1n) is 17.3. The second-order valence-corrected chi connectivity index (χ2v) is 13.1. The summed E-state index contributed by atoms with van der Waals surface area (Å²) < 4.78 is 4.82. The normalized spacial score (nSPS) is 11.4. The van der Waals surface area contributed by atoms with Crippen LogP contribution in [0, 0.1) is 13.8 Å². The first-order chi connectivity index (χ1) is 24.7. The second kappa shape index (κ2) is 12.3. The van der Waals surface area contributed by atoms with Crippen molar-refractivity contribution in [2.75, 3.05) is 0 Å². The quantitative estimate of drug-likeness (QED) is 0.160. The molecule has 2 heterocycles. The third kappa shape index (κ3) is 4.96. The van der Waals surface area contributed by atoms with E-state index in [1.165, 1.54) is 77.7 Å². The highest BCUT2D eigenvalue weighted by Crippen LogP contribution is 2.39. The first-order valence-corrected chi connectivity index (χ1v) is 17.3. The summed E-state index contributed by atoms with van der Waals surface area (Å²) in [6, 6.07) is 65.8. The molecule has 50 heavy (non-hydrogen) atoms. The minimum absolute atomic E-state index is 1.16. The molecule has 0 N–H and O–H groups in total. The van der Waals surface area contributed by atoms with Gasteiger partial charge in [0.2, 0.25) is 0 Å². The lowest BCUT2D eigenvalue weighted by Gasteiger charge is -2.19. The molecule has 2 aromatic heterocycles. The molecule has 2 nitrogen and oxygen atoms in total. The highest BCUT2D eigenvalue weighted by molar-refractivity contribution is 6.06. The molecular weight excluding hydrogens is 605 g/mol. The Morgan fingerprint density at radius 2 is 0.560 bits per heavy atom. The monoisotopic (exact) mass is 640 g/mol. The molecule has 0 aliphatic carbocycles. The third-order valence-electron chi connectivity index (χ3n) is 10.2. The van der Waals surface area contributed by atoms with E-state index in [9.17, 15) is 0 Å². The molecule has 9 aromatic rings. The van der Waals surface area contributed by atoms with Crippen molar-refractivity contribution in [3.05, 3.63) is 193 Å². The van der Waals surface area contributed by atoms with Crippen LogP contribution in [0.1, 0.15) is 11.1 Å².